The monoisotopic (exact) mass is 666 g/mol. The van der Waals surface area contributed by atoms with Crippen LogP contribution in [-0.4, -0.2) is 12.6 Å². The van der Waals surface area contributed by atoms with Crippen molar-refractivity contribution in [1.82, 2.24) is 4.57 Å². The van der Waals surface area contributed by atoms with E-state index in [0.717, 1.165) is 0 Å². The zero-order valence-electron chi connectivity index (χ0n) is 32.1. The van der Waals surface area contributed by atoms with Crippen LogP contribution in [0.5, 0.6) is 0 Å². The molecule has 0 N–H and O–H groups in total. The smallest absolute Gasteiger partial charge is 0.139 e. The Morgan fingerprint density at radius 2 is 0.833 bits per heavy atom. The Hall–Kier alpha value is -2.42. The van der Waals surface area contributed by atoms with Gasteiger partial charge in [-0.05, 0) is 85.1 Å². The third kappa shape index (κ3) is 13.5. The van der Waals surface area contributed by atoms with Gasteiger partial charge >= 0.3 is 0 Å². The van der Waals surface area contributed by atoms with Crippen molar-refractivity contribution in [3.05, 3.63) is 47.5 Å². The number of hydrogen-bond donors (Lipinski definition) is 0. The van der Waals surface area contributed by atoms with Crippen LogP contribution in [0.3, 0.4) is 0 Å². The molecule has 0 fully saturated rings. The van der Waals surface area contributed by atoms with Crippen LogP contribution in [0.15, 0.2) is 36.4 Å². The molecule has 0 aliphatic carbocycles. The molecule has 3 aromatic rings. The van der Waals surface area contributed by atoms with Crippen molar-refractivity contribution in [3.63, 3.8) is 0 Å². The standard InChI is InChI=1S/C46H71NSi/c1-6-11-13-15-17-19-21-23-25-27-31-41-33-35-45-43(39-41)44-40-42(32-28-26-24-22-20-18-16-14-12-7-2)34-36-46(44)47(45)37-29-30-38-48(8-3,9-4)10-5/h33-36,39-40H,6-28,31-32H2,1-5H3. The second-order valence-corrected chi connectivity index (χ2v) is 19.7. The quantitative estimate of drug-likeness (QED) is 0.0482. The molecule has 264 valence electrons. The Morgan fingerprint density at radius 1 is 0.458 bits per heavy atom. The van der Waals surface area contributed by atoms with Gasteiger partial charge in [0.2, 0.25) is 0 Å². The average Bonchev–Trinajstić information content (AvgIpc) is 3.42. The van der Waals surface area contributed by atoms with E-state index in [1.165, 1.54) is 192 Å². The van der Waals surface area contributed by atoms with Crippen molar-refractivity contribution in [3.8, 4) is 23.4 Å². The minimum Gasteiger partial charge on any atom is -0.268 e. The maximum absolute atomic E-state index is 3.67. The minimum absolute atomic E-state index is 1.17. The van der Waals surface area contributed by atoms with E-state index in [1.54, 1.807) is 0 Å². The Bertz CT molecular complexity index is 1340. The maximum atomic E-state index is 3.67. The number of aryl methyl sites for hydroxylation is 2. The molecule has 1 heterocycles. The highest BCUT2D eigenvalue weighted by atomic mass is 28.3. The van der Waals surface area contributed by atoms with Crippen molar-refractivity contribution in [2.24, 2.45) is 0 Å². The molecule has 0 saturated carbocycles. The fraction of sp³-hybridized carbons (Fsp3) is 0.652. The highest BCUT2D eigenvalue weighted by molar-refractivity contribution is 6.87. The van der Waals surface area contributed by atoms with Crippen LogP contribution in [0.1, 0.15) is 174 Å². The van der Waals surface area contributed by atoms with Gasteiger partial charge in [-0.1, -0.05) is 162 Å². The third-order valence-corrected chi connectivity index (χ3v) is 15.8. The van der Waals surface area contributed by atoms with Crippen molar-refractivity contribution >= 4 is 29.9 Å². The Balaban J connectivity index is 1.69. The number of benzene rings is 2. The van der Waals surface area contributed by atoms with Crippen molar-refractivity contribution in [2.45, 2.75) is 194 Å². The van der Waals surface area contributed by atoms with Gasteiger partial charge in [-0.3, -0.25) is 4.57 Å². The zero-order chi connectivity index (χ0) is 34.3. The summed E-state index contributed by atoms with van der Waals surface area (Å²) >= 11 is 0. The summed E-state index contributed by atoms with van der Waals surface area (Å²) in [5.41, 5.74) is 9.07. The molecule has 0 bridgehead atoms. The van der Waals surface area contributed by atoms with E-state index in [1.807, 2.05) is 0 Å². The molecule has 0 amide bonds. The van der Waals surface area contributed by atoms with Crippen molar-refractivity contribution < 1.29 is 0 Å². The van der Waals surface area contributed by atoms with Gasteiger partial charge in [0.15, 0.2) is 0 Å². The van der Waals surface area contributed by atoms with Gasteiger partial charge in [-0.25, -0.2) is 0 Å². The molecule has 0 spiro atoms. The lowest BCUT2D eigenvalue weighted by atomic mass is 10.0. The van der Waals surface area contributed by atoms with E-state index in [9.17, 15) is 0 Å². The van der Waals surface area contributed by atoms with Gasteiger partial charge < -0.3 is 0 Å². The maximum Gasteiger partial charge on any atom is 0.139 e. The largest absolute Gasteiger partial charge is 0.268 e. The predicted molar refractivity (Wildman–Crippen MR) is 219 cm³/mol. The summed E-state index contributed by atoms with van der Waals surface area (Å²) in [5.74, 6) is 6.61. The molecule has 2 aromatic carbocycles. The van der Waals surface area contributed by atoms with Crippen LogP contribution in [0.25, 0.3) is 21.8 Å². The molecule has 3 rings (SSSR count). The van der Waals surface area contributed by atoms with Crippen LogP contribution in [0.2, 0.25) is 18.1 Å². The molecule has 0 aliphatic rings. The molecule has 0 atom stereocenters. The summed E-state index contributed by atoms with van der Waals surface area (Å²) in [7, 11) is -1.50. The molecule has 0 aliphatic heterocycles. The topological polar surface area (TPSA) is 4.93 Å². The first-order valence-electron chi connectivity index (χ1n) is 20.7. The predicted octanol–water partition coefficient (Wildman–Crippen LogP) is 14.6. The van der Waals surface area contributed by atoms with E-state index < -0.39 is 8.07 Å². The zero-order valence-corrected chi connectivity index (χ0v) is 33.1. The minimum atomic E-state index is -1.50. The lowest BCUT2D eigenvalue weighted by Gasteiger charge is -2.19. The Labute approximate surface area is 298 Å². The molecule has 1 nitrogen and oxygen atoms in total. The summed E-state index contributed by atoms with van der Waals surface area (Å²) < 4.78 is 2.22. The van der Waals surface area contributed by atoms with E-state index in [2.05, 4.69) is 99.0 Å². The number of rotatable bonds is 25. The molecular formula is C46H71NSi. The first kappa shape index (κ1) is 40.0. The van der Waals surface area contributed by atoms with Crippen molar-refractivity contribution in [1.29, 1.82) is 0 Å². The van der Waals surface area contributed by atoms with E-state index in [0.29, 0.717) is 0 Å². The van der Waals surface area contributed by atoms with Gasteiger partial charge in [0, 0.05) is 22.7 Å². The molecule has 1 aromatic heterocycles. The number of hydrogen-bond acceptors (Lipinski definition) is 0. The fourth-order valence-corrected chi connectivity index (χ4v) is 9.80. The van der Waals surface area contributed by atoms with E-state index in [-0.39, 0.29) is 0 Å². The lowest BCUT2D eigenvalue weighted by Crippen LogP contribution is -2.29. The SMILES string of the molecule is CCCCCCCCCCCCc1ccc2c(c1)c1cc(CCCCCCCCCCCC)ccc1n2C#CC#C[Si](CC)(CC)CC. The highest BCUT2D eigenvalue weighted by Gasteiger charge is 2.24. The van der Waals surface area contributed by atoms with Gasteiger partial charge in [0.05, 0.1) is 11.0 Å². The fourth-order valence-electron chi connectivity index (χ4n) is 7.45. The van der Waals surface area contributed by atoms with Gasteiger partial charge in [0.1, 0.15) is 8.07 Å². The number of unbranched alkanes of at least 4 members (excludes halogenated alkanes) is 18. The molecule has 48 heavy (non-hydrogen) atoms. The molecule has 2 heteroatoms. The highest BCUT2D eigenvalue weighted by Crippen LogP contribution is 2.31. The summed E-state index contributed by atoms with van der Waals surface area (Å²) in [4.78, 5) is 0. The first-order chi connectivity index (χ1) is 23.6. The molecular weight excluding hydrogens is 595 g/mol. The Morgan fingerprint density at radius 3 is 1.21 bits per heavy atom. The first-order valence-corrected chi connectivity index (χ1v) is 23.3. The molecule has 0 unspecified atom stereocenters. The summed E-state index contributed by atoms with van der Waals surface area (Å²) in [6.07, 6.45) is 30.1. The number of aromatic nitrogens is 1. The van der Waals surface area contributed by atoms with Crippen LogP contribution in [0.4, 0.5) is 0 Å². The van der Waals surface area contributed by atoms with Crippen LogP contribution in [-0.2, 0) is 12.8 Å². The summed E-state index contributed by atoms with van der Waals surface area (Å²) in [6.45, 7) is 11.5. The summed E-state index contributed by atoms with van der Waals surface area (Å²) in [6, 6.07) is 21.4. The molecule has 0 saturated heterocycles. The average molecular weight is 666 g/mol. The van der Waals surface area contributed by atoms with Crippen LogP contribution < -0.4 is 0 Å². The second kappa shape index (κ2) is 23.8. The van der Waals surface area contributed by atoms with E-state index in [4.69, 9.17) is 0 Å². The number of nitrogens with zero attached hydrogens (tertiary/aromatic N) is 1. The van der Waals surface area contributed by atoms with Crippen molar-refractivity contribution in [2.75, 3.05) is 0 Å². The van der Waals surface area contributed by atoms with Crippen LogP contribution in [0, 0.1) is 23.4 Å². The Kier molecular flexibility index (Phi) is 19.9. The van der Waals surface area contributed by atoms with Gasteiger partial charge in [0.25, 0.3) is 0 Å². The third-order valence-electron chi connectivity index (χ3n) is 11.1. The van der Waals surface area contributed by atoms with Crippen LogP contribution >= 0.6 is 0 Å². The second-order valence-electron chi connectivity index (χ2n) is 14.7. The summed E-state index contributed by atoms with van der Waals surface area (Å²) in [5, 5.41) is 2.72. The van der Waals surface area contributed by atoms with E-state index >= 15 is 0 Å². The normalized spacial score (nSPS) is 11.5. The molecule has 0 radical (unpaired) electrons. The number of fused-ring (bicyclic) bond motifs is 3. The van der Waals surface area contributed by atoms with Gasteiger partial charge in [-0.15, -0.1) is 5.54 Å². The lowest BCUT2D eigenvalue weighted by molar-refractivity contribution is 0.556. The van der Waals surface area contributed by atoms with Gasteiger partial charge in [-0.2, -0.15) is 0 Å².